The Balaban J connectivity index is 2.64. The maximum Gasteiger partial charge on any atom is 0.306 e. The first kappa shape index (κ1) is 9.09. The van der Waals surface area contributed by atoms with Gasteiger partial charge in [0.25, 0.3) is 0 Å². The second-order valence-corrected chi connectivity index (χ2v) is 2.63. The smallest absolute Gasteiger partial charge is 0.306 e. The Kier molecular flexibility index (Phi) is 2.73. The predicted molar refractivity (Wildman–Crippen MR) is 40.9 cm³/mol. The molecule has 1 rings (SSSR count). The molecule has 0 spiro atoms. The van der Waals surface area contributed by atoms with Crippen LogP contribution in [0.3, 0.4) is 0 Å². The third-order valence-electron chi connectivity index (χ3n) is 1.29. The average molecular weight is 191 g/mol. The largest absolute Gasteiger partial charge is 0.481 e. The minimum absolute atomic E-state index is 0.134. The minimum atomic E-state index is -1.13. The Hall–Kier alpha value is -1.00. The number of rotatable bonds is 3. The average Bonchev–Trinajstić information content (AvgIpc) is 2.34. The molecule has 1 aromatic heterocycles. The number of hydrogen-bond donors (Lipinski definition) is 2. The van der Waals surface area contributed by atoms with Gasteiger partial charge in [-0.3, -0.25) is 4.79 Å². The van der Waals surface area contributed by atoms with E-state index >= 15 is 0 Å². The maximum absolute atomic E-state index is 10.2. The molecule has 4 nitrogen and oxygen atoms in total. The molecule has 12 heavy (non-hydrogen) atoms. The minimum Gasteiger partial charge on any atom is -0.481 e. The molecular weight excluding hydrogens is 184 g/mol. The van der Waals surface area contributed by atoms with E-state index in [1.165, 1.54) is 12.1 Å². The van der Waals surface area contributed by atoms with Gasteiger partial charge in [-0.1, -0.05) is 0 Å². The second kappa shape index (κ2) is 3.60. The Labute approximate surface area is 73.4 Å². The van der Waals surface area contributed by atoms with E-state index in [0.29, 0.717) is 0 Å². The molecule has 0 amide bonds. The number of hydrogen-bond acceptors (Lipinski definition) is 3. The maximum atomic E-state index is 10.2. The van der Waals surface area contributed by atoms with E-state index in [9.17, 15) is 9.90 Å². The summed E-state index contributed by atoms with van der Waals surface area (Å²) in [6, 6.07) is 2.89. The summed E-state index contributed by atoms with van der Waals surface area (Å²) in [5, 5.41) is 17.6. The number of aliphatic carboxylic acids is 1. The van der Waals surface area contributed by atoms with Gasteiger partial charge in [-0.2, -0.15) is 0 Å². The molecule has 1 atom stereocenters. The highest BCUT2D eigenvalue weighted by Crippen LogP contribution is 2.21. The fourth-order valence-electron chi connectivity index (χ4n) is 0.773. The van der Waals surface area contributed by atoms with Crippen LogP contribution in [0.5, 0.6) is 0 Å². The zero-order valence-corrected chi connectivity index (χ0v) is 6.78. The van der Waals surface area contributed by atoms with Crippen LogP contribution < -0.4 is 0 Å². The van der Waals surface area contributed by atoms with Crippen molar-refractivity contribution in [1.29, 1.82) is 0 Å². The summed E-state index contributed by atoms with van der Waals surface area (Å²) in [5.74, 6) is -0.919. The van der Waals surface area contributed by atoms with Crippen LogP contribution in [0.15, 0.2) is 16.5 Å². The molecule has 5 heteroatoms. The van der Waals surface area contributed by atoms with Gasteiger partial charge in [-0.25, -0.2) is 0 Å². The standard InChI is InChI=1S/C7H7ClO4/c8-6-2-1-5(12-6)4(9)3-7(10)11/h1-2,4,9H,3H2,(H,10,11)/t4-/m0/s1. The van der Waals surface area contributed by atoms with Crippen molar-refractivity contribution in [1.82, 2.24) is 0 Å². The van der Waals surface area contributed by atoms with Gasteiger partial charge in [0.2, 0.25) is 0 Å². The van der Waals surface area contributed by atoms with Crippen LogP contribution in [0.4, 0.5) is 0 Å². The second-order valence-electron chi connectivity index (χ2n) is 2.26. The van der Waals surface area contributed by atoms with Crippen molar-refractivity contribution in [3.05, 3.63) is 23.1 Å². The molecule has 0 aliphatic carbocycles. The normalized spacial score (nSPS) is 12.8. The van der Waals surface area contributed by atoms with Crippen molar-refractivity contribution in [3.8, 4) is 0 Å². The van der Waals surface area contributed by atoms with Crippen LogP contribution in [-0.2, 0) is 4.79 Å². The van der Waals surface area contributed by atoms with E-state index in [1.54, 1.807) is 0 Å². The van der Waals surface area contributed by atoms with Gasteiger partial charge >= 0.3 is 5.97 Å². The van der Waals surface area contributed by atoms with E-state index in [0.717, 1.165) is 0 Å². The van der Waals surface area contributed by atoms with Crippen LogP contribution in [0, 0.1) is 0 Å². The fraction of sp³-hybridized carbons (Fsp3) is 0.286. The highest BCUT2D eigenvalue weighted by Gasteiger charge is 2.15. The molecule has 0 saturated heterocycles. The number of carboxylic acid groups (broad SMARTS) is 1. The number of furan rings is 1. The van der Waals surface area contributed by atoms with Crippen molar-refractivity contribution >= 4 is 17.6 Å². The first-order valence-corrected chi connectivity index (χ1v) is 3.62. The van der Waals surface area contributed by atoms with Crippen LogP contribution in [0.25, 0.3) is 0 Å². The van der Waals surface area contributed by atoms with E-state index in [1.807, 2.05) is 0 Å². The van der Waals surface area contributed by atoms with Crippen LogP contribution in [0.1, 0.15) is 18.3 Å². The molecule has 0 aliphatic rings. The Morgan fingerprint density at radius 1 is 1.67 bits per heavy atom. The van der Waals surface area contributed by atoms with Crippen molar-refractivity contribution in [2.75, 3.05) is 0 Å². The Morgan fingerprint density at radius 3 is 2.75 bits per heavy atom. The molecule has 0 aromatic carbocycles. The quantitative estimate of drug-likeness (QED) is 0.757. The lowest BCUT2D eigenvalue weighted by molar-refractivity contribution is -0.139. The van der Waals surface area contributed by atoms with Gasteiger partial charge < -0.3 is 14.6 Å². The Bertz CT molecular complexity index is 281. The summed E-state index contributed by atoms with van der Waals surface area (Å²) in [4.78, 5) is 10.2. The molecule has 2 N–H and O–H groups in total. The van der Waals surface area contributed by atoms with Crippen LogP contribution >= 0.6 is 11.6 Å². The summed E-state index contributed by atoms with van der Waals surface area (Å²) >= 11 is 5.42. The van der Waals surface area contributed by atoms with E-state index in [4.69, 9.17) is 21.1 Å². The van der Waals surface area contributed by atoms with Crippen LogP contribution in [0.2, 0.25) is 5.22 Å². The highest BCUT2D eigenvalue weighted by molar-refractivity contribution is 6.28. The molecule has 0 fully saturated rings. The fourth-order valence-corrected chi connectivity index (χ4v) is 0.925. The zero-order chi connectivity index (χ0) is 9.14. The van der Waals surface area contributed by atoms with Crippen molar-refractivity contribution in [3.63, 3.8) is 0 Å². The summed E-state index contributed by atoms with van der Waals surface area (Å²) in [6.45, 7) is 0. The molecule has 0 bridgehead atoms. The molecule has 0 saturated carbocycles. The number of carbonyl (C=O) groups is 1. The molecular formula is C7H7ClO4. The van der Waals surface area contributed by atoms with Gasteiger partial charge in [0.1, 0.15) is 11.9 Å². The van der Waals surface area contributed by atoms with Gasteiger partial charge in [0, 0.05) is 0 Å². The first-order valence-electron chi connectivity index (χ1n) is 3.24. The molecule has 0 unspecified atom stereocenters. The molecule has 1 heterocycles. The first-order chi connectivity index (χ1) is 5.59. The number of halogens is 1. The lowest BCUT2D eigenvalue weighted by Crippen LogP contribution is -2.04. The topological polar surface area (TPSA) is 70.7 Å². The van der Waals surface area contributed by atoms with Crippen molar-refractivity contribution in [2.24, 2.45) is 0 Å². The highest BCUT2D eigenvalue weighted by atomic mass is 35.5. The van der Waals surface area contributed by atoms with Crippen LogP contribution in [-0.4, -0.2) is 16.2 Å². The zero-order valence-electron chi connectivity index (χ0n) is 6.03. The lowest BCUT2D eigenvalue weighted by Gasteiger charge is -2.02. The summed E-state index contributed by atoms with van der Waals surface area (Å²) in [7, 11) is 0. The third kappa shape index (κ3) is 2.25. The molecule has 0 radical (unpaired) electrons. The third-order valence-corrected chi connectivity index (χ3v) is 1.49. The summed E-state index contributed by atoms with van der Waals surface area (Å²) in [5.41, 5.74) is 0. The monoisotopic (exact) mass is 190 g/mol. The molecule has 1 aromatic rings. The van der Waals surface area contributed by atoms with Gasteiger partial charge in [0.05, 0.1) is 6.42 Å². The predicted octanol–water partition coefficient (Wildman–Crippen LogP) is 1.44. The lowest BCUT2D eigenvalue weighted by atomic mass is 10.2. The van der Waals surface area contributed by atoms with E-state index < -0.39 is 12.1 Å². The SMILES string of the molecule is O=C(O)C[C@H](O)c1ccc(Cl)o1. The van der Waals surface area contributed by atoms with Gasteiger partial charge in [-0.15, -0.1) is 0 Å². The van der Waals surface area contributed by atoms with Crippen molar-refractivity contribution < 1.29 is 19.4 Å². The Morgan fingerprint density at radius 2 is 2.33 bits per heavy atom. The number of aliphatic hydroxyl groups excluding tert-OH is 1. The summed E-state index contributed by atoms with van der Waals surface area (Å²) < 4.78 is 4.80. The van der Waals surface area contributed by atoms with E-state index in [-0.39, 0.29) is 17.4 Å². The number of aliphatic hydroxyl groups is 1. The van der Waals surface area contributed by atoms with Gasteiger partial charge in [0.15, 0.2) is 5.22 Å². The molecule has 0 aliphatic heterocycles. The van der Waals surface area contributed by atoms with E-state index in [2.05, 4.69) is 0 Å². The summed E-state index contributed by atoms with van der Waals surface area (Å²) in [6.07, 6.45) is -1.51. The molecule has 66 valence electrons. The number of carboxylic acids is 1. The van der Waals surface area contributed by atoms with Crippen molar-refractivity contribution in [2.45, 2.75) is 12.5 Å². The van der Waals surface area contributed by atoms with Gasteiger partial charge in [-0.05, 0) is 23.7 Å².